The number of anilines is 1. The van der Waals surface area contributed by atoms with Crippen LogP contribution >= 0.6 is 11.6 Å². The molecule has 0 spiro atoms. The van der Waals surface area contributed by atoms with E-state index in [2.05, 4.69) is 15.3 Å². The molecule has 1 heterocycles. The predicted octanol–water partition coefficient (Wildman–Crippen LogP) is 2.62. The van der Waals surface area contributed by atoms with E-state index in [4.69, 9.17) is 11.6 Å². The van der Waals surface area contributed by atoms with Crippen LogP contribution in [0.1, 0.15) is 11.1 Å². The minimum Gasteiger partial charge on any atom is -0.309 e. The Hall–Kier alpha value is -1.94. The molecule has 2 rings (SSSR count). The molecular formula is C13H12ClN3O. The molecule has 0 atom stereocenters. The van der Waals surface area contributed by atoms with Crippen molar-refractivity contribution in [1.82, 2.24) is 9.97 Å². The smallest absolute Gasteiger partial charge is 0.229 e. The summed E-state index contributed by atoms with van der Waals surface area (Å²) in [5.41, 5.74) is 2.08. The van der Waals surface area contributed by atoms with Gasteiger partial charge < -0.3 is 5.32 Å². The zero-order valence-corrected chi connectivity index (χ0v) is 10.6. The van der Waals surface area contributed by atoms with E-state index in [-0.39, 0.29) is 11.1 Å². The molecule has 0 saturated heterocycles. The van der Waals surface area contributed by atoms with Crippen LogP contribution in [0.2, 0.25) is 5.15 Å². The summed E-state index contributed by atoms with van der Waals surface area (Å²) >= 11 is 5.69. The Kier molecular flexibility index (Phi) is 3.89. The predicted molar refractivity (Wildman–Crippen MR) is 70.6 cm³/mol. The number of amides is 1. The molecule has 5 heteroatoms. The maximum Gasteiger partial charge on any atom is 0.229 e. The van der Waals surface area contributed by atoms with Crippen LogP contribution in [0, 0.1) is 6.92 Å². The Morgan fingerprint density at radius 2 is 2.11 bits per heavy atom. The Morgan fingerprint density at radius 1 is 1.33 bits per heavy atom. The van der Waals surface area contributed by atoms with E-state index in [9.17, 15) is 4.79 Å². The molecule has 0 saturated carbocycles. The van der Waals surface area contributed by atoms with Crippen LogP contribution in [0.5, 0.6) is 0 Å². The van der Waals surface area contributed by atoms with Gasteiger partial charge in [-0.1, -0.05) is 35.9 Å². The van der Waals surface area contributed by atoms with Crippen molar-refractivity contribution >= 4 is 23.3 Å². The van der Waals surface area contributed by atoms with E-state index in [1.807, 2.05) is 31.2 Å². The largest absolute Gasteiger partial charge is 0.309 e. The van der Waals surface area contributed by atoms with Crippen LogP contribution in [-0.4, -0.2) is 15.9 Å². The zero-order valence-electron chi connectivity index (χ0n) is 9.85. The molecule has 1 N–H and O–H groups in total. The van der Waals surface area contributed by atoms with Crippen LogP contribution < -0.4 is 5.32 Å². The summed E-state index contributed by atoms with van der Waals surface area (Å²) in [6.07, 6.45) is 3.18. The number of aryl methyl sites for hydroxylation is 1. The summed E-state index contributed by atoms with van der Waals surface area (Å²) in [7, 11) is 0. The number of halogens is 1. The molecule has 0 radical (unpaired) electrons. The lowest BCUT2D eigenvalue weighted by Gasteiger charge is -2.06. The fourth-order valence-corrected chi connectivity index (χ4v) is 1.72. The number of carbonyl (C=O) groups is 1. The summed E-state index contributed by atoms with van der Waals surface area (Å²) in [5, 5.41) is 2.91. The van der Waals surface area contributed by atoms with Crippen molar-refractivity contribution in [3.8, 4) is 0 Å². The number of benzene rings is 1. The van der Waals surface area contributed by atoms with E-state index < -0.39 is 0 Å². The normalized spacial score (nSPS) is 10.1. The van der Waals surface area contributed by atoms with Gasteiger partial charge in [0.2, 0.25) is 5.91 Å². The van der Waals surface area contributed by atoms with Gasteiger partial charge in [0, 0.05) is 0 Å². The third-order valence-corrected chi connectivity index (χ3v) is 2.67. The average Bonchev–Trinajstić information content (AvgIpc) is 2.32. The summed E-state index contributed by atoms with van der Waals surface area (Å²) < 4.78 is 0. The molecular weight excluding hydrogens is 250 g/mol. The van der Waals surface area contributed by atoms with Gasteiger partial charge in [0.05, 0.1) is 18.8 Å². The van der Waals surface area contributed by atoms with Gasteiger partial charge in [-0.05, 0) is 18.1 Å². The third kappa shape index (κ3) is 3.28. The third-order valence-electron chi connectivity index (χ3n) is 2.48. The second-order valence-corrected chi connectivity index (χ2v) is 4.27. The summed E-state index contributed by atoms with van der Waals surface area (Å²) in [6.45, 7) is 1.97. The van der Waals surface area contributed by atoms with Crippen molar-refractivity contribution in [3.63, 3.8) is 0 Å². The van der Waals surface area contributed by atoms with Crippen LogP contribution in [0.4, 0.5) is 5.82 Å². The minimum atomic E-state index is -0.138. The van der Waals surface area contributed by atoms with Crippen molar-refractivity contribution in [2.24, 2.45) is 0 Å². The van der Waals surface area contributed by atoms with Crippen LogP contribution in [0.15, 0.2) is 36.7 Å². The Balaban J connectivity index is 2.03. The lowest BCUT2D eigenvalue weighted by atomic mass is 10.1. The molecule has 92 valence electrons. The second-order valence-electron chi connectivity index (χ2n) is 3.88. The molecule has 0 unspecified atom stereocenters. The van der Waals surface area contributed by atoms with Gasteiger partial charge in [-0.2, -0.15) is 0 Å². The Morgan fingerprint density at radius 3 is 2.83 bits per heavy atom. The molecule has 1 amide bonds. The number of hydrogen-bond acceptors (Lipinski definition) is 3. The van der Waals surface area contributed by atoms with Gasteiger partial charge in [-0.3, -0.25) is 9.78 Å². The molecule has 1 aromatic heterocycles. The van der Waals surface area contributed by atoms with E-state index in [1.54, 1.807) is 0 Å². The average molecular weight is 262 g/mol. The monoisotopic (exact) mass is 261 g/mol. The molecule has 0 bridgehead atoms. The van der Waals surface area contributed by atoms with Gasteiger partial charge in [0.25, 0.3) is 0 Å². The Labute approximate surface area is 110 Å². The molecule has 0 aliphatic rings. The number of nitrogens with one attached hydrogen (secondary N) is 1. The first-order valence-electron chi connectivity index (χ1n) is 5.47. The maximum absolute atomic E-state index is 11.8. The Bertz CT molecular complexity index is 572. The highest BCUT2D eigenvalue weighted by Gasteiger charge is 2.07. The van der Waals surface area contributed by atoms with Crippen molar-refractivity contribution in [2.45, 2.75) is 13.3 Å². The lowest BCUT2D eigenvalue weighted by Crippen LogP contribution is -2.16. The fourth-order valence-electron chi connectivity index (χ4n) is 1.57. The van der Waals surface area contributed by atoms with Crippen LogP contribution in [0.3, 0.4) is 0 Å². The molecule has 1 aromatic carbocycles. The number of carbonyl (C=O) groups excluding carboxylic acids is 1. The van der Waals surface area contributed by atoms with Crippen molar-refractivity contribution in [1.29, 1.82) is 0 Å². The molecule has 0 fully saturated rings. The maximum atomic E-state index is 11.8. The first-order chi connectivity index (χ1) is 8.65. The second kappa shape index (κ2) is 5.60. The quantitative estimate of drug-likeness (QED) is 0.924. The molecule has 4 nitrogen and oxygen atoms in total. The molecule has 2 aromatic rings. The van der Waals surface area contributed by atoms with Gasteiger partial charge in [0.15, 0.2) is 5.82 Å². The molecule has 0 aliphatic carbocycles. The summed E-state index contributed by atoms with van der Waals surface area (Å²) in [5.74, 6) is 0.224. The molecule has 0 aliphatic heterocycles. The first kappa shape index (κ1) is 12.5. The number of aromatic nitrogens is 2. The topological polar surface area (TPSA) is 54.9 Å². The number of nitrogens with zero attached hydrogens (tertiary/aromatic N) is 2. The van der Waals surface area contributed by atoms with Gasteiger partial charge in [0.1, 0.15) is 5.15 Å². The van der Waals surface area contributed by atoms with Gasteiger partial charge in [-0.15, -0.1) is 0 Å². The van der Waals surface area contributed by atoms with Crippen molar-refractivity contribution in [2.75, 3.05) is 5.32 Å². The lowest BCUT2D eigenvalue weighted by molar-refractivity contribution is -0.115. The zero-order chi connectivity index (χ0) is 13.0. The highest BCUT2D eigenvalue weighted by molar-refractivity contribution is 6.29. The van der Waals surface area contributed by atoms with Crippen molar-refractivity contribution in [3.05, 3.63) is 52.9 Å². The SMILES string of the molecule is Cc1ccccc1CC(=O)Nc1cncc(Cl)n1. The van der Waals surface area contributed by atoms with Crippen LogP contribution in [-0.2, 0) is 11.2 Å². The van der Waals surface area contributed by atoms with Gasteiger partial charge in [-0.25, -0.2) is 4.98 Å². The van der Waals surface area contributed by atoms with E-state index >= 15 is 0 Å². The van der Waals surface area contributed by atoms with Crippen molar-refractivity contribution < 1.29 is 4.79 Å². The highest BCUT2D eigenvalue weighted by atomic mass is 35.5. The molecule has 18 heavy (non-hydrogen) atoms. The number of hydrogen-bond donors (Lipinski definition) is 1. The summed E-state index contributed by atoms with van der Waals surface area (Å²) in [4.78, 5) is 19.6. The number of rotatable bonds is 3. The highest BCUT2D eigenvalue weighted by Crippen LogP contribution is 2.10. The van der Waals surface area contributed by atoms with Crippen LogP contribution in [0.25, 0.3) is 0 Å². The fraction of sp³-hybridized carbons (Fsp3) is 0.154. The summed E-state index contributed by atoms with van der Waals surface area (Å²) in [6, 6.07) is 7.76. The minimum absolute atomic E-state index is 0.138. The van der Waals surface area contributed by atoms with E-state index in [0.717, 1.165) is 11.1 Å². The van der Waals surface area contributed by atoms with Gasteiger partial charge >= 0.3 is 0 Å². The van der Waals surface area contributed by atoms with E-state index in [1.165, 1.54) is 12.4 Å². The standard InChI is InChI=1S/C13H12ClN3O/c1-9-4-2-3-5-10(9)6-13(18)17-12-8-15-7-11(14)16-12/h2-5,7-8H,6H2,1H3,(H,16,17,18). The first-order valence-corrected chi connectivity index (χ1v) is 5.85. The van der Waals surface area contributed by atoms with E-state index in [0.29, 0.717) is 12.2 Å².